The van der Waals surface area contributed by atoms with Crippen molar-refractivity contribution in [1.29, 1.82) is 0 Å². The van der Waals surface area contributed by atoms with Gasteiger partial charge in [-0.15, -0.1) is 0 Å². The summed E-state index contributed by atoms with van der Waals surface area (Å²) in [5.74, 6) is -0.830. The number of hydrogen-bond acceptors (Lipinski definition) is 5. The molecule has 7 heteroatoms. The molecule has 1 amide bonds. The van der Waals surface area contributed by atoms with Crippen LogP contribution >= 0.6 is 11.6 Å². The van der Waals surface area contributed by atoms with Crippen LogP contribution in [0.3, 0.4) is 0 Å². The molecule has 6 nitrogen and oxygen atoms in total. The largest absolute Gasteiger partial charge is 0.465 e. The predicted octanol–water partition coefficient (Wildman–Crippen LogP) is 1.43. The maximum atomic E-state index is 11.8. The lowest BCUT2D eigenvalue weighted by Gasteiger charge is -2.13. The van der Waals surface area contributed by atoms with E-state index in [1.165, 1.54) is 26.4 Å². The Morgan fingerprint density at radius 2 is 2.10 bits per heavy atom. The standard InChI is InChI=1S/C13H17ClN2O4/c1-19-9(7-15)6-12(17)16-8-3-4-11(14)10(5-8)13(18)20-2/h3-5,9H,6-7,15H2,1-2H3,(H,16,17). The number of rotatable bonds is 6. The molecule has 0 radical (unpaired) electrons. The van der Waals surface area contributed by atoms with Gasteiger partial charge in [-0.2, -0.15) is 0 Å². The van der Waals surface area contributed by atoms with Gasteiger partial charge in [-0.05, 0) is 18.2 Å². The first-order chi connectivity index (χ1) is 9.51. The van der Waals surface area contributed by atoms with Crippen molar-refractivity contribution in [2.24, 2.45) is 5.73 Å². The molecule has 0 heterocycles. The van der Waals surface area contributed by atoms with E-state index < -0.39 is 5.97 Å². The molecule has 0 spiro atoms. The lowest BCUT2D eigenvalue weighted by Crippen LogP contribution is -2.28. The summed E-state index contributed by atoms with van der Waals surface area (Å²) in [7, 11) is 2.75. The summed E-state index contributed by atoms with van der Waals surface area (Å²) in [5, 5.41) is 2.90. The molecule has 0 saturated carbocycles. The Morgan fingerprint density at radius 1 is 1.40 bits per heavy atom. The van der Waals surface area contributed by atoms with E-state index in [1.807, 2.05) is 0 Å². The second-order valence-electron chi connectivity index (χ2n) is 4.03. The first-order valence-corrected chi connectivity index (χ1v) is 6.30. The molecule has 0 bridgehead atoms. The Kier molecular flexibility index (Phi) is 6.44. The summed E-state index contributed by atoms with van der Waals surface area (Å²) in [6.45, 7) is 0.248. The highest BCUT2D eigenvalue weighted by atomic mass is 35.5. The van der Waals surface area contributed by atoms with Gasteiger partial charge in [0.25, 0.3) is 0 Å². The van der Waals surface area contributed by atoms with Crippen molar-refractivity contribution in [2.75, 3.05) is 26.1 Å². The Labute approximate surface area is 122 Å². The molecule has 0 aliphatic heterocycles. The number of carbonyl (C=O) groups excluding carboxylic acids is 2. The smallest absolute Gasteiger partial charge is 0.339 e. The second-order valence-corrected chi connectivity index (χ2v) is 4.44. The van der Waals surface area contributed by atoms with Gasteiger partial charge < -0.3 is 20.5 Å². The van der Waals surface area contributed by atoms with Gasteiger partial charge in [0.1, 0.15) is 0 Å². The molecule has 0 aromatic heterocycles. The minimum atomic E-state index is -0.567. The second kappa shape index (κ2) is 7.84. The summed E-state index contributed by atoms with van der Waals surface area (Å²) in [6, 6.07) is 4.56. The molecule has 0 aliphatic rings. The number of methoxy groups -OCH3 is 2. The zero-order valence-electron chi connectivity index (χ0n) is 11.3. The zero-order valence-corrected chi connectivity index (χ0v) is 12.1. The van der Waals surface area contributed by atoms with Gasteiger partial charge in [0.15, 0.2) is 0 Å². The summed E-state index contributed by atoms with van der Waals surface area (Å²) in [5.41, 5.74) is 6.08. The third kappa shape index (κ3) is 4.48. The van der Waals surface area contributed by atoms with Gasteiger partial charge in [0.2, 0.25) is 5.91 Å². The third-order valence-electron chi connectivity index (χ3n) is 2.66. The molecule has 1 unspecified atom stereocenters. The van der Waals surface area contributed by atoms with Crippen molar-refractivity contribution < 1.29 is 19.1 Å². The first kappa shape index (κ1) is 16.4. The number of amides is 1. The van der Waals surface area contributed by atoms with Crippen molar-refractivity contribution >= 4 is 29.2 Å². The first-order valence-electron chi connectivity index (χ1n) is 5.92. The van der Waals surface area contributed by atoms with Crippen LogP contribution in [0.4, 0.5) is 5.69 Å². The van der Waals surface area contributed by atoms with Crippen LogP contribution in [0.5, 0.6) is 0 Å². The van der Waals surface area contributed by atoms with Crippen LogP contribution in [0, 0.1) is 0 Å². The molecule has 1 aromatic carbocycles. The maximum Gasteiger partial charge on any atom is 0.339 e. The average molecular weight is 301 g/mol. The molecule has 1 atom stereocenters. The lowest BCUT2D eigenvalue weighted by molar-refractivity contribution is -0.118. The Hall–Kier alpha value is -1.63. The van der Waals surface area contributed by atoms with Gasteiger partial charge in [0, 0.05) is 19.3 Å². The molecular weight excluding hydrogens is 284 g/mol. The lowest BCUT2D eigenvalue weighted by atomic mass is 10.2. The fourth-order valence-corrected chi connectivity index (χ4v) is 1.75. The quantitative estimate of drug-likeness (QED) is 0.776. The highest BCUT2D eigenvalue weighted by Gasteiger charge is 2.14. The number of nitrogens with two attached hydrogens (primary N) is 1. The van der Waals surface area contributed by atoms with Gasteiger partial charge >= 0.3 is 5.97 Å². The monoisotopic (exact) mass is 300 g/mol. The van der Waals surface area contributed by atoms with E-state index in [1.54, 1.807) is 6.07 Å². The number of carbonyl (C=O) groups is 2. The van der Waals surface area contributed by atoms with Crippen LogP contribution < -0.4 is 11.1 Å². The highest BCUT2D eigenvalue weighted by molar-refractivity contribution is 6.33. The summed E-state index contributed by atoms with van der Waals surface area (Å²) in [6.07, 6.45) is -0.217. The van der Waals surface area contributed by atoms with E-state index in [9.17, 15) is 9.59 Å². The number of ether oxygens (including phenoxy) is 2. The molecule has 0 fully saturated rings. The molecule has 1 rings (SSSR count). The maximum absolute atomic E-state index is 11.8. The van der Waals surface area contributed by atoms with Crippen molar-refractivity contribution in [3.05, 3.63) is 28.8 Å². The minimum Gasteiger partial charge on any atom is -0.465 e. The van der Waals surface area contributed by atoms with Crippen LogP contribution in [0.15, 0.2) is 18.2 Å². The van der Waals surface area contributed by atoms with Crippen LogP contribution in [0.2, 0.25) is 5.02 Å². The van der Waals surface area contributed by atoms with E-state index in [4.69, 9.17) is 22.1 Å². The van der Waals surface area contributed by atoms with Crippen LogP contribution in [-0.4, -0.2) is 38.7 Å². The van der Waals surface area contributed by atoms with Gasteiger partial charge in [0.05, 0.1) is 30.2 Å². The minimum absolute atomic E-state index is 0.128. The van der Waals surface area contributed by atoms with Crippen LogP contribution in [0.25, 0.3) is 0 Å². The Morgan fingerprint density at radius 3 is 2.65 bits per heavy atom. The van der Waals surface area contributed by atoms with Gasteiger partial charge in [-0.1, -0.05) is 11.6 Å². The van der Waals surface area contributed by atoms with Crippen molar-refractivity contribution in [3.63, 3.8) is 0 Å². The number of halogens is 1. The van der Waals surface area contributed by atoms with Gasteiger partial charge in [-0.3, -0.25) is 4.79 Å². The third-order valence-corrected chi connectivity index (χ3v) is 2.99. The topological polar surface area (TPSA) is 90.7 Å². The van der Waals surface area contributed by atoms with Crippen molar-refractivity contribution in [2.45, 2.75) is 12.5 Å². The molecule has 3 N–H and O–H groups in total. The summed E-state index contributed by atoms with van der Waals surface area (Å²) < 4.78 is 9.63. The number of benzene rings is 1. The number of hydrogen-bond donors (Lipinski definition) is 2. The summed E-state index contributed by atoms with van der Waals surface area (Å²) >= 11 is 5.89. The SMILES string of the molecule is COC(=O)c1cc(NC(=O)CC(CN)OC)ccc1Cl. The van der Waals surface area contributed by atoms with E-state index in [0.29, 0.717) is 5.69 Å². The fourth-order valence-electron chi connectivity index (χ4n) is 1.55. The number of nitrogens with one attached hydrogen (secondary N) is 1. The average Bonchev–Trinajstić information content (AvgIpc) is 2.45. The fraction of sp³-hybridized carbons (Fsp3) is 0.385. The van der Waals surface area contributed by atoms with Crippen molar-refractivity contribution in [1.82, 2.24) is 0 Å². The van der Waals surface area contributed by atoms with E-state index >= 15 is 0 Å². The van der Waals surface area contributed by atoms with Crippen LogP contribution in [-0.2, 0) is 14.3 Å². The summed E-state index contributed by atoms with van der Waals surface area (Å²) in [4.78, 5) is 23.3. The molecule has 0 aliphatic carbocycles. The van der Waals surface area contributed by atoms with Crippen molar-refractivity contribution in [3.8, 4) is 0 Å². The molecule has 110 valence electrons. The Balaban J connectivity index is 2.78. The highest BCUT2D eigenvalue weighted by Crippen LogP contribution is 2.21. The normalized spacial score (nSPS) is 11.8. The van der Waals surface area contributed by atoms with E-state index in [2.05, 4.69) is 10.1 Å². The van der Waals surface area contributed by atoms with Gasteiger partial charge in [-0.25, -0.2) is 4.79 Å². The molecule has 20 heavy (non-hydrogen) atoms. The van der Waals surface area contributed by atoms with Crippen LogP contribution in [0.1, 0.15) is 16.8 Å². The predicted molar refractivity (Wildman–Crippen MR) is 75.9 cm³/mol. The van der Waals surface area contributed by atoms with E-state index in [0.717, 1.165) is 0 Å². The molecule has 1 aromatic rings. The van der Waals surface area contributed by atoms with E-state index in [-0.39, 0.29) is 35.6 Å². The zero-order chi connectivity index (χ0) is 15.1. The number of esters is 1. The molecular formula is C13H17ClN2O4. The molecule has 0 saturated heterocycles. The Bertz CT molecular complexity index is 489. The number of anilines is 1.